The van der Waals surface area contributed by atoms with E-state index in [2.05, 4.69) is 4.72 Å². The number of sulfonamides is 1. The second-order valence-corrected chi connectivity index (χ2v) is 7.19. The van der Waals surface area contributed by atoms with E-state index in [1.54, 1.807) is 13.8 Å². The molecule has 0 spiro atoms. The number of carboxylic acids is 1. The first-order valence-corrected chi connectivity index (χ1v) is 8.61. The largest absolute Gasteiger partial charge is 0.481 e. The first-order chi connectivity index (χ1) is 9.70. The summed E-state index contributed by atoms with van der Waals surface area (Å²) < 4.78 is 26.8. The van der Waals surface area contributed by atoms with Gasteiger partial charge >= 0.3 is 5.97 Å². The van der Waals surface area contributed by atoms with Gasteiger partial charge in [-0.2, -0.15) is 0 Å². The van der Waals surface area contributed by atoms with Gasteiger partial charge < -0.3 is 5.11 Å². The summed E-state index contributed by atoms with van der Waals surface area (Å²) in [4.78, 5) is 11.2. The average Bonchev–Trinajstić information content (AvgIpc) is 2.43. The molecular formula is C13H17Cl2NO4S. The Hall–Kier alpha value is -0.820. The Bertz CT molecular complexity index is 627. The second-order valence-electron chi connectivity index (χ2n) is 4.67. The Kier molecular flexibility index (Phi) is 6.04. The van der Waals surface area contributed by atoms with E-state index in [1.807, 2.05) is 0 Å². The van der Waals surface area contributed by atoms with Crippen LogP contribution < -0.4 is 4.72 Å². The van der Waals surface area contributed by atoms with E-state index in [0.29, 0.717) is 12.8 Å². The monoisotopic (exact) mass is 353 g/mol. The maximum Gasteiger partial charge on any atom is 0.310 e. The minimum atomic E-state index is -3.93. The van der Waals surface area contributed by atoms with E-state index >= 15 is 0 Å². The van der Waals surface area contributed by atoms with Gasteiger partial charge in [-0.3, -0.25) is 4.79 Å². The molecule has 0 bridgehead atoms. The third-order valence-electron chi connectivity index (χ3n) is 3.61. The van der Waals surface area contributed by atoms with Crippen LogP contribution in [-0.2, 0) is 14.8 Å². The van der Waals surface area contributed by atoms with Crippen molar-refractivity contribution in [2.24, 2.45) is 5.41 Å². The topological polar surface area (TPSA) is 83.5 Å². The van der Waals surface area contributed by atoms with Gasteiger partial charge in [-0.15, -0.1) is 0 Å². The van der Waals surface area contributed by atoms with Gasteiger partial charge in [0.05, 0.1) is 15.5 Å². The molecule has 0 unspecified atom stereocenters. The van der Waals surface area contributed by atoms with Crippen molar-refractivity contribution in [1.82, 2.24) is 4.72 Å². The van der Waals surface area contributed by atoms with E-state index < -0.39 is 21.4 Å². The number of hydrogen-bond donors (Lipinski definition) is 2. The van der Waals surface area contributed by atoms with E-state index in [9.17, 15) is 18.3 Å². The molecule has 8 heteroatoms. The predicted octanol–water partition coefficient (Wildman–Crippen LogP) is 3.16. The summed E-state index contributed by atoms with van der Waals surface area (Å²) in [5.74, 6) is -1.03. The third kappa shape index (κ3) is 3.88. The Balaban J connectivity index is 3.06. The molecule has 5 nitrogen and oxygen atoms in total. The highest BCUT2D eigenvalue weighted by atomic mass is 35.5. The zero-order valence-electron chi connectivity index (χ0n) is 11.7. The first kappa shape index (κ1) is 18.2. The fraction of sp³-hybridized carbons (Fsp3) is 0.462. The van der Waals surface area contributed by atoms with Crippen LogP contribution in [0.3, 0.4) is 0 Å². The van der Waals surface area contributed by atoms with Gasteiger partial charge in [0, 0.05) is 6.54 Å². The van der Waals surface area contributed by atoms with Crippen LogP contribution in [0.2, 0.25) is 10.0 Å². The van der Waals surface area contributed by atoms with Crippen LogP contribution >= 0.6 is 23.2 Å². The lowest BCUT2D eigenvalue weighted by atomic mass is 9.83. The van der Waals surface area contributed by atoms with Gasteiger partial charge in [-0.1, -0.05) is 43.1 Å². The molecule has 21 heavy (non-hydrogen) atoms. The maximum atomic E-state index is 12.3. The van der Waals surface area contributed by atoms with Crippen molar-refractivity contribution in [3.63, 3.8) is 0 Å². The van der Waals surface area contributed by atoms with E-state index in [4.69, 9.17) is 23.2 Å². The van der Waals surface area contributed by atoms with Crippen LogP contribution in [0.5, 0.6) is 0 Å². The van der Waals surface area contributed by atoms with Gasteiger partial charge in [-0.05, 0) is 25.0 Å². The Labute approximate surface area is 134 Å². The van der Waals surface area contributed by atoms with Crippen LogP contribution in [0.25, 0.3) is 0 Å². The second kappa shape index (κ2) is 6.96. The first-order valence-electron chi connectivity index (χ1n) is 6.37. The normalized spacial score (nSPS) is 12.4. The zero-order valence-corrected chi connectivity index (χ0v) is 14.0. The highest BCUT2D eigenvalue weighted by molar-refractivity contribution is 7.89. The van der Waals surface area contributed by atoms with E-state index in [-0.39, 0.29) is 21.5 Å². The minimum absolute atomic E-state index is 0.0828. The van der Waals surface area contributed by atoms with Gasteiger partial charge in [-0.25, -0.2) is 13.1 Å². The molecule has 0 saturated carbocycles. The number of nitrogens with one attached hydrogen (secondary N) is 1. The summed E-state index contributed by atoms with van der Waals surface area (Å²) in [6.07, 6.45) is 0.620. The van der Waals surface area contributed by atoms with Gasteiger partial charge in [0.25, 0.3) is 0 Å². The van der Waals surface area contributed by atoms with Crippen molar-refractivity contribution in [2.75, 3.05) is 6.54 Å². The lowest BCUT2D eigenvalue weighted by Gasteiger charge is -2.26. The molecule has 1 rings (SSSR count). The molecule has 2 N–H and O–H groups in total. The van der Waals surface area contributed by atoms with Gasteiger partial charge in [0.15, 0.2) is 0 Å². The lowest BCUT2D eigenvalue weighted by Crippen LogP contribution is -2.42. The highest BCUT2D eigenvalue weighted by Crippen LogP contribution is 2.30. The molecule has 1 aromatic rings. The standard InChI is InChI=1S/C13H17Cl2NO4S/c1-3-13(4-2,12(17)18)8-16-21(19,20)10-7-5-6-9(14)11(10)15/h5-7,16H,3-4,8H2,1-2H3,(H,17,18). The molecule has 0 fully saturated rings. The van der Waals surface area contributed by atoms with Crippen molar-refractivity contribution in [1.29, 1.82) is 0 Å². The average molecular weight is 354 g/mol. The summed E-state index contributed by atoms with van der Waals surface area (Å²) in [6, 6.07) is 4.26. The number of hydrogen-bond acceptors (Lipinski definition) is 3. The number of aliphatic carboxylic acids is 1. The van der Waals surface area contributed by atoms with Crippen molar-refractivity contribution in [3.8, 4) is 0 Å². The van der Waals surface area contributed by atoms with Gasteiger partial charge in [0.2, 0.25) is 10.0 Å². The molecule has 1 aromatic carbocycles. The van der Waals surface area contributed by atoms with Crippen LogP contribution in [0, 0.1) is 5.41 Å². The Morgan fingerprint density at radius 1 is 1.29 bits per heavy atom. The fourth-order valence-corrected chi connectivity index (χ4v) is 3.77. The summed E-state index contributed by atoms with van der Waals surface area (Å²) in [5.41, 5.74) is -1.14. The molecule has 0 saturated heterocycles. The minimum Gasteiger partial charge on any atom is -0.481 e. The molecule has 0 aromatic heterocycles. The zero-order chi connectivity index (χ0) is 16.3. The number of carboxylic acid groups (broad SMARTS) is 1. The Morgan fingerprint density at radius 3 is 2.33 bits per heavy atom. The summed E-state index contributed by atoms with van der Waals surface area (Å²) in [5, 5.41) is 9.35. The lowest BCUT2D eigenvalue weighted by molar-refractivity contribution is -0.149. The predicted molar refractivity (Wildman–Crippen MR) is 82.3 cm³/mol. The van der Waals surface area contributed by atoms with Crippen molar-refractivity contribution in [3.05, 3.63) is 28.2 Å². The van der Waals surface area contributed by atoms with Crippen molar-refractivity contribution in [2.45, 2.75) is 31.6 Å². The van der Waals surface area contributed by atoms with Crippen LogP contribution in [0.15, 0.2) is 23.1 Å². The van der Waals surface area contributed by atoms with Crippen molar-refractivity contribution < 1.29 is 18.3 Å². The number of halogens is 2. The fourth-order valence-electron chi connectivity index (χ4n) is 1.88. The summed E-state index contributed by atoms with van der Waals surface area (Å²) in [6.45, 7) is 3.21. The molecule has 118 valence electrons. The molecule has 0 amide bonds. The molecule has 0 aliphatic carbocycles. The van der Waals surface area contributed by atoms with Crippen LogP contribution in [0.1, 0.15) is 26.7 Å². The van der Waals surface area contributed by atoms with E-state index in [1.165, 1.54) is 18.2 Å². The third-order valence-corrected chi connectivity index (χ3v) is 5.99. The summed E-state index contributed by atoms with van der Waals surface area (Å²) >= 11 is 11.7. The van der Waals surface area contributed by atoms with Crippen LogP contribution in [-0.4, -0.2) is 26.0 Å². The Morgan fingerprint density at radius 2 is 1.86 bits per heavy atom. The highest BCUT2D eigenvalue weighted by Gasteiger charge is 2.36. The SMILES string of the molecule is CCC(CC)(CNS(=O)(=O)c1cccc(Cl)c1Cl)C(=O)O. The molecular weight excluding hydrogens is 337 g/mol. The molecule has 0 heterocycles. The molecule has 0 atom stereocenters. The molecule has 0 aliphatic rings. The molecule has 0 radical (unpaired) electrons. The quantitative estimate of drug-likeness (QED) is 0.788. The van der Waals surface area contributed by atoms with E-state index in [0.717, 1.165) is 0 Å². The number of rotatable bonds is 7. The number of carbonyl (C=O) groups is 1. The maximum absolute atomic E-state index is 12.3. The molecule has 0 aliphatic heterocycles. The smallest absolute Gasteiger partial charge is 0.310 e. The van der Waals surface area contributed by atoms with Crippen LogP contribution in [0.4, 0.5) is 0 Å². The summed E-state index contributed by atoms with van der Waals surface area (Å²) in [7, 11) is -3.93. The number of benzene rings is 1. The van der Waals surface area contributed by atoms with Gasteiger partial charge in [0.1, 0.15) is 4.90 Å². The van der Waals surface area contributed by atoms with Crippen molar-refractivity contribution >= 4 is 39.2 Å².